The molecule has 4 aromatic rings. The summed E-state index contributed by atoms with van der Waals surface area (Å²) in [4.78, 5) is 17.3. The van der Waals surface area contributed by atoms with Crippen LogP contribution in [0, 0.1) is 0 Å². The number of rotatable bonds is 8. The van der Waals surface area contributed by atoms with Crippen LogP contribution in [-0.2, 0) is 27.2 Å². The van der Waals surface area contributed by atoms with Crippen molar-refractivity contribution in [1.29, 1.82) is 0 Å². The Hall–Kier alpha value is -3.96. The smallest absolute Gasteiger partial charge is 0.416 e. The Morgan fingerprint density at radius 2 is 1.72 bits per heavy atom. The first kappa shape index (κ1) is 28.1. The highest BCUT2D eigenvalue weighted by atomic mass is 32.2. The summed E-state index contributed by atoms with van der Waals surface area (Å²) in [5.41, 5.74) is 0.686. The first-order valence-corrected chi connectivity index (χ1v) is 13.6. The van der Waals surface area contributed by atoms with Crippen molar-refractivity contribution in [3.8, 4) is 16.9 Å². The van der Waals surface area contributed by atoms with E-state index >= 15 is 0 Å². The average molecular weight is 559 g/mol. The zero-order valence-electron chi connectivity index (χ0n) is 21.0. The summed E-state index contributed by atoms with van der Waals surface area (Å²) >= 11 is 0. The molecule has 1 aromatic heterocycles. The van der Waals surface area contributed by atoms with Crippen molar-refractivity contribution in [1.82, 2.24) is 10.3 Å². The van der Waals surface area contributed by atoms with Crippen LogP contribution in [0.5, 0.6) is 5.75 Å². The van der Waals surface area contributed by atoms with E-state index in [1.165, 1.54) is 49.6 Å². The zero-order chi connectivity index (χ0) is 28.4. The molecule has 0 bridgehead atoms. The Bertz CT molecular complexity index is 1620. The highest BCUT2D eigenvalue weighted by Gasteiger charge is 2.30. The lowest BCUT2D eigenvalue weighted by Gasteiger charge is -2.18. The van der Waals surface area contributed by atoms with Gasteiger partial charge in [0.2, 0.25) is 0 Å². The van der Waals surface area contributed by atoms with Gasteiger partial charge in [0.05, 0.1) is 28.6 Å². The molecule has 0 saturated heterocycles. The number of hydrogen-bond acceptors (Lipinski definition) is 6. The number of phenols is 1. The van der Waals surface area contributed by atoms with Crippen molar-refractivity contribution in [3.63, 3.8) is 0 Å². The molecule has 1 amide bonds. The van der Waals surface area contributed by atoms with Gasteiger partial charge in [-0.05, 0) is 65.6 Å². The van der Waals surface area contributed by atoms with Gasteiger partial charge in [-0.25, -0.2) is 13.4 Å². The number of amides is 1. The maximum absolute atomic E-state index is 13.2. The summed E-state index contributed by atoms with van der Waals surface area (Å²) < 4.78 is 70.2. The summed E-state index contributed by atoms with van der Waals surface area (Å²) in [6.45, 7) is 0.166. The minimum absolute atomic E-state index is 0.107. The van der Waals surface area contributed by atoms with Crippen molar-refractivity contribution >= 4 is 26.6 Å². The SMILES string of the molecule is COCC(Cc1ccc(O)cc1)NC(=O)c1cc(S(C)(=O)=O)c2cc(-c3cccc(C(F)(F)F)c3)ccc2n1. The van der Waals surface area contributed by atoms with E-state index in [1.807, 2.05) is 0 Å². The largest absolute Gasteiger partial charge is 0.508 e. The molecule has 1 unspecified atom stereocenters. The lowest BCUT2D eigenvalue weighted by Crippen LogP contribution is -2.40. The number of carbonyl (C=O) groups excluding carboxylic acids is 1. The Labute approximate surface area is 223 Å². The molecule has 0 aliphatic heterocycles. The van der Waals surface area contributed by atoms with Gasteiger partial charge in [0.15, 0.2) is 9.84 Å². The average Bonchev–Trinajstić information content (AvgIpc) is 2.88. The maximum Gasteiger partial charge on any atom is 0.416 e. The number of aromatic nitrogens is 1. The molecule has 4 rings (SSSR count). The van der Waals surface area contributed by atoms with Crippen LogP contribution in [0.3, 0.4) is 0 Å². The normalized spacial score (nSPS) is 12.8. The first-order valence-electron chi connectivity index (χ1n) is 11.8. The van der Waals surface area contributed by atoms with Crippen molar-refractivity contribution in [3.05, 3.63) is 89.6 Å². The van der Waals surface area contributed by atoms with E-state index in [-0.39, 0.29) is 39.4 Å². The topological polar surface area (TPSA) is 106 Å². The van der Waals surface area contributed by atoms with Crippen LogP contribution < -0.4 is 5.32 Å². The number of pyridine rings is 1. The molecule has 0 fully saturated rings. The van der Waals surface area contributed by atoms with E-state index in [9.17, 15) is 31.5 Å². The molecule has 0 aliphatic carbocycles. The van der Waals surface area contributed by atoms with E-state index in [2.05, 4.69) is 10.3 Å². The Morgan fingerprint density at radius 1 is 1.03 bits per heavy atom. The van der Waals surface area contributed by atoms with Crippen LogP contribution >= 0.6 is 0 Å². The third-order valence-electron chi connectivity index (χ3n) is 6.05. The van der Waals surface area contributed by atoms with E-state index in [0.29, 0.717) is 12.0 Å². The minimum Gasteiger partial charge on any atom is -0.508 e. The van der Waals surface area contributed by atoms with E-state index < -0.39 is 33.5 Å². The Morgan fingerprint density at radius 3 is 2.36 bits per heavy atom. The number of nitrogens with one attached hydrogen (secondary N) is 1. The third-order valence-corrected chi connectivity index (χ3v) is 7.18. The number of sulfone groups is 1. The van der Waals surface area contributed by atoms with Gasteiger partial charge in [-0.1, -0.05) is 30.3 Å². The lowest BCUT2D eigenvalue weighted by atomic mass is 10.0. The molecule has 204 valence electrons. The van der Waals surface area contributed by atoms with Gasteiger partial charge in [0.1, 0.15) is 11.4 Å². The molecule has 0 radical (unpaired) electrons. The van der Waals surface area contributed by atoms with Crippen molar-refractivity contribution < 1.29 is 36.2 Å². The van der Waals surface area contributed by atoms with Crippen LogP contribution in [0.2, 0.25) is 0 Å². The second-order valence-corrected chi connectivity index (χ2v) is 11.1. The number of ether oxygens (including phenoxy) is 1. The van der Waals surface area contributed by atoms with Crippen LogP contribution in [0.1, 0.15) is 21.6 Å². The molecule has 1 atom stereocenters. The third kappa shape index (κ3) is 6.73. The molecule has 39 heavy (non-hydrogen) atoms. The monoisotopic (exact) mass is 558 g/mol. The molecule has 0 spiro atoms. The molecule has 11 heteroatoms. The van der Waals surface area contributed by atoms with Crippen LogP contribution in [0.4, 0.5) is 13.2 Å². The quantitative estimate of drug-likeness (QED) is 0.315. The van der Waals surface area contributed by atoms with Gasteiger partial charge in [0, 0.05) is 18.8 Å². The summed E-state index contributed by atoms with van der Waals surface area (Å²) in [5, 5.41) is 12.5. The lowest BCUT2D eigenvalue weighted by molar-refractivity contribution is -0.137. The van der Waals surface area contributed by atoms with Gasteiger partial charge in [-0.2, -0.15) is 13.2 Å². The number of halogens is 3. The maximum atomic E-state index is 13.2. The van der Waals surface area contributed by atoms with Gasteiger partial charge in [-0.3, -0.25) is 4.79 Å². The fraction of sp³-hybridized carbons (Fsp3) is 0.214. The Kier molecular flexibility index (Phi) is 7.94. The second kappa shape index (κ2) is 11.0. The molecule has 0 aliphatic rings. The van der Waals surface area contributed by atoms with E-state index in [4.69, 9.17) is 4.74 Å². The molecule has 1 heterocycles. The van der Waals surface area contributed by atoms with Gasteiger partial charge >= 0.3 is 6.18 Å². The Balaban J connectivity index is 1.70. The van der Waals surface area contributed by atoms with Gasteiger partial charge < -0.3 is 15.2 Å². The van der Waals surface area contributed by atoms with Crippen LogP contribution in [0.15, 0.2) is 77.7 Å². The summed E-state index contributed by atoms with van der Waals surface area (Å²) in [5.74, 6) is -0.513. The van der Waals surface area contributed by atoms with Crippen LogP contribution in [0.25, 0.3) is 22.0 Å². The highest BCUT2D eigenvalue weighted by Crippen LogP contribution is 2.34. The molecular weight excluding hydrogens is 533 g/mol. The summed E-state index contributed by atoms with van der Waals surface area (Å²) in [6.07, 6.45) is -3.16. The zero-order valence-corrected chi connectivity index (χ0v) is 21.8. The number of nitrogens with zero attached hydrogens (tertiary/aromatic N) is 1. The van der Waals surface area contributed by atoms with E-state index in [1.54, 1.807) is 12.1 Å². The van der Waals surface area contributed by atoms with Crippen molar-refractivity contribution in [2.75, 3.05) is 20.0 Å². The standard InChI is InChI=1S/C28H25F3N2O5S/c1-38-16-21(12-17-6-9-22(34)10-7-17)32-27(35)25-15-26(39(2,36)37)23-14-19(8-11-24(23)33-25)18-4-3-5-20(13-18)28(29,30)31/h3-11,13-15,21,34H,12,16H2,1-2H3,(H,32,35). The number of alkyl halides is 3. The first-order chi connectivity index (χ1) is 18.3. The van der Waals surface area contributed by atoms with Crippen LogP contribution in [-0.4, -0.2) is 50.4 Å². The molecular formula is C28H25F3N2O5S. The number of hydrogen-bond donors (Lipinski definition) is 2. The molecule has 0 saturated carbocycles. The summed E-state index contributed by atoms with van der Waals surface area (Å²) in [6, 6.07) is 16.3. The number of aromatic hydroxyl groups is 1. The predicted molar refractivity (Wildman–Crippen MR) is 140 cm³/mol. The number of phenolic OH excluding ortho intramolecular Hbond substituents is 1. The molecule has 3 aromatic carbocycles. The van der Waals surface area contributed by atoms with Crippen molar-refractivity contribution in [2.45, 2.75) is 23.5 Å². The summed E-state index contributed by atoms with van der Waals surface area (Å²) in [7, 11) is -2.38. The highest BCUT2D eigenvalue weighted by molar-refractivity contribution is 7.91. The van der Waals surface area contributed by atoms with Crippen molar-refractivity contribution in [2.24, 2.45) is 0 Å². The molecule has 7 nitrogen and oxygen atoms in total. The fourth-order valence-electron chi connectivity index (χ4n) is 4.20. The van der Waals surface area contributed by atoms with Gasteiger partial charge in [0.25, 0.3) is 5.91 Å². The van der Waals surface area contributed by atoms with Gasteiger partial charge in [-0.15, -0.1) is 0 Å². The van der Waals surface area contributed by atoms with E-state index in [0.717, 1.165) is 30.0 Å². The minimum atomic E-state index is -4.53. The number of benzene rings is 3. The number of fused-ring (bicyclic) bond motifs is 1. The number of methoxy groups -OCH3 is 1. The number of carbonyl (C=O) groups is 1. The fourth-order valence-corrected chi connectivity index (χ4v) is 5.09. The second-order valence-electron chi connectivity index (χ2n) is 9.08. The predicted octanol–water partition coefficient (Wildman–Crippen LogP) is 5.02. The molecule has 2 N–H and O–H groups in total.